The number of rotatable bonds is 7. The maximum atomic E-state index is 11.7. The molecule has 1 aromatic heterocycles. The lowest BCUT2D eigenvalue weighted by atomic mass is 10.1. The third-order valence-corrected chi connectivity index (χ3v) is 3.90. The molecule has 21 heavy (non-hydrogen) atoms. The van der Waals surface area contributed by atoms with Crippen LogP contribution >= 0.6 is 0 Å². The molecule has 0 aliphatic carbocycles. The third-order valence-electron chi connectivity index (χ3n) is 3.90. The molecule has 1 fully saturated rings. The predicted molar refractivity (Wildman–Crippen MR) is 85.4 cm³/mol. The summed E-state index contributed by atoms with van der Waals surface area (Å²) >= 11 is 0. The first-order valence-electron chi connectivity index (χ1n) is 7.99. The standard InChI is InChI=1S/C16H27N3O2/c1-2-11-21-15-5-3-8-18(13-15)9-4-10-19-12-14(17)6-7-16(19)20/h6-7,12,15H,2-5,8-11,13,17H2,1H3. The van der Waals surface area contributed by atoms with Gasteiger partial charge in [-0.1, -0.05) is 6.92 Å². The topological polar surface area (TPSA) is 60.5 Å². The van der Waals surface area contributed by atoms with Crippen LogP contribution in [0.2, 0.25) is 0 Å². The molecule has 1 aliphatic rings. The number of nitrogens with zero attached hydrogens (tertiary/aromatic N) is 2. The van der Waals surface area contributed by atoms with Gasteiger partial charge in [-0.05, 0) is 44.8 Å². The highest BCUT2D eigenvalue weighted by Crippen LogP contribution is 2.13. The molecule has 2 heterocycles. The fraction of sp³-hybridized carbons (Fsp3) is 0.688. The predicted octanol–water partition coefficient (Wildman–Crippen LogP) is 1.71. The molecular formula is C16H27N3O2. The van der Waals surface area contributed by atoms with E-state index in [-0.39, 0.29) is 5.56 Å². The van der Waals surface area contributed by atoms with Gasteiger partial charge in [-0.15, -0.1) is 0 Å². The quantitative estimate of drug-likeness (QED) is 0.831. The molecule has 0 aromatic carbocycles. The van der Waals surface area contributed by atoms with Crippen molar-refractivity contribution in [3.05, 3.63) is 28.7 Å². The summed E-state index contributed by atoms with van der Waals surface area (Å²) in [6, 6.07) is 3.18. The Bertz CT molecular complexity index is 487. The summed E-state index contributed by atoms with van der Waals surface area (Å²) in [4.78, 5) is 14.1. The van der Waals surface area contributed by atoms with Crippen molar-refractivity contribution in [2.45, 2.75) is 45.3 Å². The van der Waals surface area contributed by atoms with E-state index in [1.165, 1.54) is 18.9 Å². The lowest BCUT2D eigenvalue weighted by Gasteiger charge is -2.32. The number of aromatic nitrogens is 1. The van der Waals surface area contributed by atoms with Crippen molar-refractivity contribution >= 4 is 5.69 Å². The van der Waals surface area contributed by atoms with Crippen molar-refractivity contribution in [3.8, 4) is 0 Å². The molecule has 1 aromatic rings. The Balaban J connectivity index is 1.75. The van der Waals surface area contributed by atoms with Gasteiger partial charge in [0.15, 0.2) is 0 Å². The van der Waals surface area contributed by atoms with Crippen molar-refractivity contribution in [3.63, 3.8) is 0 Å². The molecular weight excluding hydrogens is 266 g/mol. The Kier molecular flexibility index (Phi) is 6.26. The molecule has 0 spiro atoms. The summed E-state index contributed by atoms with van der Waals surface area (Å²) in [5.74, 6) is 0. The lowest BCUT2D eigenvalue weighted by molar-refractivity contribution is -0.000474. The zero-order valence-corrected chi connectivity index (χ0v) is 13.0. The Morgan fingerprint density at radius 1 is 1.38 bits per heavy atom. The summed E-state index contributed by atoms with van der Waals surface area (Å²) in [6.07, 6.45) is 6.52. The fourth-order valence-corrected chi connectivity index (χ4v) is 2.83. The number of piperidine rings is 1. The minimum atomic E-state index is 0.0204. The molecule has 118 valence electrons. The number of hydrogen-bond acceptors (Lipinski definition) is 4. The average Bonchev–Trinajstić information content (AvgIpc) is 2.49. The van der Waals surface area contributed by atoms with E-state index in [1.54, 1.807) is 16.8 Å². The van der Waals surface area contributed by atoms with Crippen LogP contribution in [-0.4, -0.2) is 41.8 Å². The van der Waals surface area contributed by atoms with Gasteiger partial charge in [0.25, 0.3) is 5.56 Å². The molecule has 0 saturated carbocycles. The Hall–Kier alpha value is -1.33. The first-order chi connectivity index (χ1) is 10.2. The molecule has 0 radical (unpaired) electrons. The second kappa shape index (κ2) is 8.20. The van der Waals surface area contributed by atoms with Crippen LogP contribution in [0, 0.1) is 0 Å². The highest BCUT2D eigenvalue weighted by Gasteiger charge is 2.19. The second-order valence-corrected chi connectivity index (χ2v) is 5.78. The van der Waals surface area contributed by atoms with Crippen molar-refractivity contribution < 1.29 is 4.74 Å². The number of hydrogen-bond donors (Lipinski definition) is 1. The zero-order valence-electron chi connectivity index (χ0n) is 13.0. The van der Waals surface area contributed by atoms with E-state index in [2.05, 4.69) is 11.8 Å². The van der Waals surface area contributed by atoms with Crippen molar-refractivity contribution in [2.75, 3.05) is 32.0 Å². The number of nitrogens with two attached hydrogens (primary N) is 1. The van der Waals surface area contributed by atoms with Gasteiger partial charge in [0, 0.05) is 37.6 Å². The van der Waals surface area contributed by atoms with E-state index in [0.29, 0.717) is 11.8 Å². The number of anilines is 1. The molecule has 0 bridgehead atoms. The SMILES string of the molecule is CCCOC1CCCN(CCCn2cc(N)ccc2=O)C1. The lowest BCUT2D eigenvalue weighted by Crippen LogP contribution is -2.40. The Morgan fingerprint density at radius 3 is 3.05 bits per heavy atom. The second-order valence-electron chi connectivity index (χ2n) is 5.78. The monoisotopic (exact) mass is 293 g/mol. The first kappa shape index (κ1) is 16.0. The highest BCUT2D eigenvalue weighted by atomic mass is 16.5. The van der Waals surface area contributed by atoms with Gasteiger partial charge in [-0.25, -0.2) is 0 Å². The summed E-state index contributed by atoms with van der Waals surface area (Å²) in [7, 11) is 0. The fourth-order valence-electron chi connectivity index (χ4n) is 2.83. The van der Waals surface area contributed by atoms with Crippen molar-refractivity contribution in [1.82, 2.24) is 9.47 Å². The van der Waals surface area contributed by atoms with Gasteiger partial charge in [0.2, 0.25) is 0 Å². The summed E-state index contributed by atoms with van der Waals surface area (Å²) in [5, 5.41) is 0. The van der Waals surface area contributed by atoms with Crippen molar-refractivity contribution in [1.29, 1.82) is 0 Å². The summed E-state index contributed by atoms with van der Waals surface area (Å²) in [6.45, 7) is 6.89. The summed E-state index contributed by atoms with van der Waals surface area (Å²) in [5.41, 5.74) is 6.38. The maximum absolute atomic E-state index is 11.7. The zero-order chi connectivity index (χ0) is 15.1. The van der Waals surface area contributed by atoms with Crippen LogP contribution in [0.15, 0.2) is 23.1 Å². The van der Waals surface area contributed by atoms with Crippen molar-refractivity contribution in [2.24, 2.45) is 0 Å². The van der Waals surface area contributed by atoms with Gasteiger partial charge in [-0.3, -0.25) is 4.79 Å². The van der Waals surface area contributed by atoms with E-state index >= 15 is 0 Å². The average molecular weight is 293 g/mol. The third kappa shape index (κ3) is 5.17. The first-order valence-corrected chi connectivity index (χ1v) is 7.99. The van der Waals surface area contributed by atoms with Crippen LogP contribution in [0.4, 0.5) is 5.69 Å². The molecule has 2 N–H and O–H groups in total. The Labute approximate surface area is 126 Å². The number of pyridine rings is 1. The van der Waals surface area contributed by atoms with Crippen LogP contribution in [0.3, 0.4) is 0 Å². The number of aryl methyl sites for hydroxylation is 1. The molecule has 1 atom stereocenters. The molecule has 2 rings (SSSR count). The van der Waals surface area contributed by atoms with E-state index < -0.39 is 0 Å². The van der Waals surface area contributed by atoms with Crippen LogP contribution in [0.1, 0.15) is 32.6 Å². The number of likely N-dealkylation sites (tertiary alicyclic amines) is 1. The summed E-state index contributed by atoms with van der Waals surface area (Å²) < 4.78 is 7.55. The normalized spacial score (nSPS) is 19.8. The number of ether oxygens (including phenoxy) is 1. The van der Waals surface area contributed by atoms with Gasteiger partial charge in [0.1, 0.15) is 0 Å². The maximum Gasteiger partial charge on any atom is 0.250 e. The Morgan fingerprint density at radius 2 is 2.24 bits per heavy atom. The minimum Gasteiger partial charge on any atom is -0.398 e. The van der Waals surface area contributed by atoms with Crippen LogP contribution in [0.5, 0.6) is 0 Å². The largest absolute Gasteiger partial charge is 0.398 e. The van der Waals surface area contributed by atoms with Gasteiger partial charge in [0.05, 0.1) is 6.10 Å². The van der Waals surface area contributed by atoms with Crippen LogP contribution in [0.25, 0.3) is 0 Å². The molecule has 1 aliphatic heterocycles. The van der Waals surface area contributed by atoms with Gasteiger partial charge in [-0.2, -0.15) is 0 Å². The number of nitrogen functional groups attached to an aromatic ring is 1. The minimum absolute atomic E-state index is 0.0204. The van der Waals surface area contributed by atoms with Crippen LogP contribution < -0.4 is 11.3 Å². The molecule has 0 amide bonds. The van der Waals surface area contributed by atoms with E-state index in [0.717, 1.165) is 45.6 Å². The molecule has 1 saturated heterocycles. The molecule has 5 heteroatoms. The smallest absolute Gasteiger partial charge is 0.250 e. The van der Waals surface area contributed by atoms with E-state index in [4.69, 9.17) is 10.5 Å². The molecule has 5 nitrogen and oxygen atoms in total. The highest BCUT2D eigenvalue weighted by molar-refractivity contribution is 5.33. The van der Waals surface area contributed by atoms with Gasteiger partial charge < -0.3 is 19.9 Å². The van der Waals surface area contributed by atoms with Gasteiger partial charge >= 0.3 is 0 Å². The molecule has 1 unspecified atom stereocenters. The van der Waals surface area contributed by atoms with E-state index in [9.17, 15) is 4.79 Å². The van der Waals surface area contributed by atoms with Crippen LogP contribution in [-0.2, 0) is 11.3 Å². The van der Waals surface area contributed by atoms with E-state index in [1.807, 2.05) is 0 Å².